The molecule has 0 amide bonds. The number of carbonyl (C=O) groups excluding carboxylic acids is 2. The third kappa shape index (κ3) is 1.36. The van der Waals surface area contributed by atoms with Crippen LogP contribution in [0.4, 0.5) is 0 Å². The first-order valence-electron chi connectivity index (χ1n) is 5.59. The Bertz CT molecular complexity index is 644. The van der Waals surface area contributed by atoms with E-state index < -0.39 is 0 Å². The molecule has 2 aromatic rings. The normalized spacial score (nSPS) is 13.2. The number of carbonyl (C=O) groups is 2. The SMILES string of the molecule is Cc1cccc2c1C(=O)c1c(Cl)cccc1C2=O. The predicted molar refractivity (Wildman–Crippen MR) is 69.5 cm³/mol. The number of fused-ring (bicyclic) bond motifs is 2. The molecule has 0 fully saturated rings. The van der Waals surface area contributed by atoms with Crippen LogP contribution in [0.5, 0.6) is 0 Å². The van der Waals surface area contributed by atoms with E-state index in [1.165, 1.54) is 0 Å². The molecule has 0 saturated carbocycles. The molecule has 0 N–H and O–H groups in total. The molecule has 1 aliphatic carbocycles. The Balaban J connectivity index is 2.40. The Morgan fingerprint density at radius 1 is 0.833 bits per heavy atom. The summed E-state index contributed by atoms with van der Waals surface area (Å²) in [7, 11) is 0. The molecule has 0 aromatic heterocycles. The highest BCUT2D eigenvalue weighted by atomic mass is 35.5. The Hall–Kier alpha value is -1.93. The first-order valence-corrected chi connectivity index (χ1v) is 5.96. The van der Waals surface area contributed by atoms with E-state index in [2.05, 4.69) is 0 Å². The van der Waals surface area contributed by atoms with Crippen LogP contribution < -0.4 is 0 Å². The van der Waals surface area contributed by atoms with Crippen LogP contribution in [0.1, 0.15) is 37.4 Å². The van der Waals surface area contributed by atoms with Crippen molar-refractivity contribution in [3.05, 3.63) is 69.2 Å². The van der Waals surface area contributed by atoms with Crippen LogP contribution >= 0.6 is 11.6 Å². The van der Waals surface area contributed by atoms with Crippen molar-refractivity contribution in [2.24, 2.45) is 0 Å². The lowest BCUT2D eigenvalue weighted by Crippen LogP contribution is -2.22. The Morgan fingerprint density at radius 3 is 2.17 bits per heavy atom. The molecule has 18 heavy (non-hydrogen) atoms. The number of halogens is 1. The van der Waals surface area contributed by atoms with E-state index in [1.54, 1.807) is 30.3 Å². The lowest BCUT2D eigenvalue weighted by Gasteiger charge is -2.19. The van der Waals surface area contributed by atoms with E-state index >= 15 is 0 Å². The first kappa shape index (κ1) is 11.2. The van der Waals surface area contributed by atoms with E-state index in [4.69, 9.17) is 11.6 Å². The lowest BCUT2D eigenvalue weighted by molar-refractivity contribution is 0.0978. The number of ketones is 2. The fourth-order valence-electron chi connectivity index (χ4n) is 2.37. The monoisotopic (exact) mass is 256 g/mol. The molecule has 3 rings (SSSR count). The fraction of sp³-hybridized carbons (Fsp3) is 0.0667. The van der Waals surface area contributed by atoms with Gasteiger partial charge in [-0.1, -0.05) is 41.9 Å². The van der Waals surface area contributed by atoms with Crippen molar-refractivity contribution in [1.29, 1.82) is 0 Å². The number of aryl methyl sites for hydroxylation is 1. The lowest BCUT2D eigenvalue weighted by atomic mass is 9.82. The molecule has 0 spiro atoms. The minimum Gasteiger partial charge on any atom is -0.289 e. The van der Waals surface area contributed by atoms with Gasteiger partial charge in [0.25, 0.3) is 0 Å². The van der Waals surface area contributed by atoms with Gasteiger partial charge in [0.2, 0.25) is 0 Å². The van der Waals surface area contributed by atoms with Crippen molar-refractivity contribution >= 4 is 23.2 Å². The van der Waals surface area contributed by atoms with Crippen LogP contribution in [-0.2, 0) is 0 Å². The van der Waals surface area contributed by atoms with Crippen molar-refractivity contribution < 1.29 is 9.59 Å². The Kier molecular flexibility index (Phi) is 2.35. The van der Waals surface area contributed by atoms with E-state index in [-0.39, 0.29) is 11.6 Å². The maximum absolute atomic E-state index is 12.5. The van der Waals surface area contributed by atoms with E-state index in [1.807, 2.05) is 13.0 Å². The highest BCUT2D eigenvalue weighted by molar-refractivity contribution is 6.39. The van der Waals surface area contributed by atoms with E-state index in [0.717, 1.165) is 5.56 Å². The van der Waals surface area contributed by atoms with Gasteiger partial charge in [0.15, 0.2) is 11.6 Å². The van der Waals surface area contributed by atoms with Crippen molar-refractivity contribution in [2.45, 2.75) is 6.92 Å². The van der Waals surface area contributed by atoms with Crippen molar-refractivity contribution in [3.8, 4) is 0 Å². The molecular formula is C15H9ClO2. The summed E-state index contributed by atoms with van der Waals surface area (Å²) in [5, 5.41) is 0.333. The summed E-state index contributed by atoms with van der Waals surface area (Å²) in [5.74, 6) is -0.297. The van der Waals surface area contributed by atoms with Gasteiger partial charge in [-0.25, -0.2) is 0 Å². The molecule has 1 aliphatic rings. The predicted octanol–water partition coefficient (Wildman–Crippen LogP) is 3.42. The van der Waals surface area contributed by atoms with Crippen molar-refractivity contribution in [1.82, 2.24) is 0 Å². The average molecular weight is 257 g/mol. The zero-order chi connectivity index (χ0) is 12.9. The van der Waals surface area contributed by atoms with Gasteiger partial charge < -0.3 is 0 Å². The summed E-state index contributed by atoms with van der Waals surface area (Å²) in [6.45, 7) is 1.83. The van der Waals surface area contributed by atoms with Crippen LogP contribution in [0.3, 0.4) is 0 Å². The van der Waals surface area contributed by atoms with E-state index in [0.29, 0.717) is 27.3 Å². The average Bonchev–Trinajstić information content (AvgIpc) is 2.35. The second-order valence-corrected chi connectivity index (χ2v) is 4.73. The topological polar surface area (TPSA) is 34.1 Å². The summed E-state index contributed by atoms with van der Waals surface area (Å²) >= 11 is 6.05. The second kappa shape index (κ2) is 3.79. The number of hydrogen-bond acceptors (Lipinski definition) is 2. The maximum Gasteiger partial charge on any atom is 0.196 e. The smallest absolute Gasteiger partial charge is 0.196 e. The standard InChI is InChI=1S/C15H9ClO2/c1-8-4-2-5-9-12(8)15(18)13-10(14(9)17)6-3-7-11(13)16/h2-7H,1H3. The zero-order valence-corrected chi connectivity index (χ0v) is 10.4. The molecule has 0 heterocycles. The number of rotatable bonds is 0. The van der Waals surface area contributed by atoms with Gasteiger partial charge in [-0.3, -0.25) is 9.59 Å². The summed E-state index contributed by atoms with van der Waals surface area (Å²) in [5.41, 5.74) is 2.46. The molecule has 0 radical (unpaired) electrons. The summed E-state index contributed by atoms with van der Waals surface area (Å²) < 4.78 is 0. The molecule has 2 nitrogen and oxygen atoms in total. The molecule has 0 saturated heterocycles. The Labute approximate surface area is 109 Å². The molecule has 3 heteroatoms. The van der Waals surface area contributed by atoms with Gasteiger partial charge >= 0.3 is 0 Å². The quantitative estimate of drug-likeness (QED) is 0.618. The van der Waals surface area contributed by atoms with Gasteiger partial charge in [-0.05, 0) is 18.6 Å². The molecule has 0 atom stereocenters. The van der Waals surface area contributed by atoms with E-state index in [9.17, 15) is 9.59 Å². The van der Waals surface area contributed by atoms with Crippen LogP contribution in [-0.4, -0.2) is 11.6 Å². The third-order valence-electron chi connectivity index (χ3n) is 3.23. The Morgan fingerprint density at radius 2 is 1.44 bits per heavy atom. The minimum absolute atomic E-state index is 0.134. The minimum atomic E-state index is -0.164. The zero-order valence-electron chi connectivity index (χ0n) is 9.66. The van der Waals surface area contributed by atoms with Crippen LogP contribution in [0.2, 0.25) is 5.02 Å². The van der Waals surface area contributed by atoms with Gasteiger partial charge in [-0.2, -0.15) is 0 Å². The largest absolute Gasteiger partial charge is 0.289 e. The van der Waals surface area contributed by atoms with Crippen molar-refractivity contribution in [3.63, 3.8) is 0 Å². The van der Waals surface area contributed by atoms with Gasteiger partial charge in [-0.15, -0.1) is 0 Å². The number of benzene rings is 2. The molecular weight excluding hydrogens is 248 g/mol. The molecule has 0 unspecified atom stereocenters. The highest BCUT2D eigenvalue weighted by Gasteiger charge is 2.31. The maximum atomic E-state index is 12.5. The van der Waals surface area contributed by atoms with Crippen LogP contribution in [0.15, 0.2) is 36.4 Å². The van der Waals surface area contributed by atoms with Gasteiger partial charge in [0.1, 0.15) is 0 Å². The molecule has 0 aliphatic heterocycles. The fourth-order valence-corrected chi connectivity index (χ4v) is 2.63. The third-order valence-corrected chi connectivity index (χ3v) is 3.54. The first-order chi connectivity index (χ1) is 8.61. The molecule has 2 aromatic carbocycles. The molecule has 88 valence electrons. The summed E-state index contributed by atoms with van der Waals surface area (Å²) in [6.07, 6.45) is 0. The summed E-state index contributed by atoms with van der Waals surface area (Å²) in [6, 6.07) is 10.3. The number of hydrogen-bond donors (Lipinski definition) is 0. The second-order valence-electron chi connectivity index (χ2n) is 4.32. The van der Waals surface area contributed by atoms with Gasteiger partial charge in [0, 0.05) is 16.7 Å². The van der Waals surface area contributed by atoms with Crippen molar-refractivity contribution in [2.75, 3.05) is 0 Å². The summed E-state index contributed by atoms with van der Waals surface area (Å²) in [4.78, 5) is 24.8. The van der Waals surface area contributed by atoms with Crippen LogP contribution in [0.25, 0.3) is 0 Å². The molecule has 0 bridgehead atoms. The van der Waals surface area contributed by atoms with Crippen LogP contribution in [0, 0.1) is 6.92 Å². The highest BCUT2D eigenvalue weighted by Crippen LogP contribution is 2.32. The van der Waals surface area contributed by atoms with Gasteiger partial charge in [0.05, 0.1) is 10.6 Å².